The quantitative estimate of drug-likeness (QED) is 0.778. The number of halogens is 1. The summed E-state index contributed by atoms with van der Waals surface area (Å²) in [6.07, 6.45) is 3.78. The maximum absolute atomic E-state index is 13.8. The van der Waals surface area contributed by atoms with E-state index in [1.54, 1.807) is 51.0 Å². The van der Waals surface area contributed by atoms with E-state index in [4.69, 9.17) is 4.74 Å². The number of aliphatic hydroxyl groups is 1. The lowest BCUT2D eigenvalue weighted by Crippen LogP contribution is -2.42. The highest BCUT2D eigenvalue weighted by Gasteiger charge is 2.34. The van der Waals surface area contributed by atoms with Crippen LogP contribution in [0.2, 0.25) is 0 Å². The van der Waals surface area contributed by atoms with Gasteiger partial charge < -0.3 is 15.3 Å². The number of hydrogen-bond donors (Lipinski definition) is 2. The molecule has 0 radical (unpaired) electrons. The fourth-order valence-corrected chi connectivity index (χ4v) is 3.55. The van der Waals surface area contributed by atoms with Gasteiger partial charge in [-0.2, -0.15) is 0 Å². The molecule has 6 heteroatoms. The van der Waals surface area contributed by atoms with E-state index in [-0.39, 0.29) is 17.8 Å². The van der Waals surface area contributed by atoms with E-state index in [1.165, 1.54) is 12.1 Å². The van der Waals surface area contributed by atoms with Gasteiger partial charge in [-0.15, -0.1) is 0 Å². The second-order valence-corrected chi connectivity index (χ2v) is 8.10. The molecule has 1 unspecified atom stereocenters. The molecule has 2 N–H and O–H groups in total. The molecule has 0 fully saturated rings. The van der Waals surface area contributed by atoms with Gasteiger partial charge in [-0.3, -0.25) is 9.47 Å². The van der Waals surface area contributed by atoms with Crippen molar-refractivity contribution in [3.05, 3.63) is 63.3 Å². The minimum absolute atomic E-state index is 0.0131. The first kappa shape index (κ1) is 21.0. The zero-order valence-electron chi connectivity index (χ0n) is 16.9. The molecule has 0 saturated carbocycles. The van der Waals surface area contributed by atoms with Crippen LogP contribution in [0, 0.1) is 19.7 Å². The summed E-state index contributed by atoms with van der Waals surface area (Å²) in [5.74, 6) is 0.257. The van der Waals surface area contributed by atoms with Crippen LogP contribution in [-0.4, -0.2) is 29.0 Å². The van der Waals surface area contributed by atoms with Crippen molar-refractivity contribution < 1.29 is 14.2 Å². The molecule has 27 heavy (non-hydrogen) atoms. The monoisotopic (exact) mass is 376 g/mol. The first-order valence-corrected chi connectivity index (χ1v) is 8.95. The van der Waals surface area contributed by atoms with Gasteiger partial charge >= 0.3 is 0 Å². The molecule has 0 aliphatic rings. The number of ether oxygens (including phenoxy) is 1. The van der Waals surface area contributed by atoms with E-state index in [1.807, 2.05) is 13.8 Å². The Labute approximate surface area is 159 Å². The molecule has 0 spiro atoms. The van der Waals surface area contributed by atoms with Crippen LogP contribution < -0.4 is 15.6 Å². The van der Waals surface area contributed by atoms with Gasteiger partial charge in [0.2, 0.25) is 0 Å². The molecule has 0 bridgehead atoms. The lowest BCUT2D eigenvalue weighted by atomic mass is 9.75. The first-order chi connectivity index (χ1) is 12.4. The molecule has 1 aromatic carbocycles. The van der Waals surface area contributed by atoms with E-state index in [2.05, 4.69) is 5.43 Å². The van der Waals surface area contributed by atoms with Crippen LogP contribution in [0.15, 0.2) is 35.4 Å². The number of methoxy groups -OCH3 is 1. The van der Waals surface area contributed by atoms with Crippen LogP contribution in [0.25, 0.3) is 0 Å². The fraction of sp³-hybridized carbons (Fsp3) is 0.476. The van der Waals surface area contributed by atoms with Crippen molar-refractivity contribution in [1.29, 1.82) is 0 Å². The number of nitrogens with zero attached hydrogens (tertiary/aromatic N) is 1. The molecule has 1 aromatic heterocycles. The normalized spacial score (nSPS) is 13.9. The van der Waals surface area contributed by atoms with Crippen molar-refractivity contribution in [1.82, 2.24) is 4.68 Å². The summed E-state index contributed by atoms with van der Waals surface area (Å²) in [4.78, 5) is 11.8. The average Bonchev–Trinajstić information content (AvgIpc) is 2.57. The largest absolute Gasteiger partial charge is 0.496 e. The molecular weight excluding hydrogens is 347 g/mol. The Balaban J connectivity index is 2.17. The summed E-state index contributed by atoms with van der Waals surface area (Å²) in [6, 6.07) is 4.42. The highest BCUT2D eigenvalue weighted by atomic mass is 19.1. The average molecular weight is 376 g/mol. The van der Waals surface area contributed by atoms with E-state index in [0.29, 0.717) is 28.9 Å². The van der Waals surface area contributed by atoms with Crippen LogP contribution in [0.1, 0.15) is 43.9 Å². The molecule has 2 rings (SSSR count). The predicted molar refractivity (Wildman–Crippen MR) is 106 cm³/mol. The van der Waals surface area contributed by atoms with Gasteiger partial charge in [0.15, 0.2) is 5.43 Å². The van der Waals surface area contributed by atoms with Gasteiger partial charge in [-0.05, 0) is 50.8 Å². The van der Waals surface area contributed by atoms with E-state index in [9.17, 15) is 14.3 Å². The molecule has 5 nitrogen and oxygen atoms in total. The minimum atomic E-state index is -1.08. The Morgan fingerprint density at radius 1 is 1.19 bits per heavy atom. The van der Waals surface area contributed by atoms with E-state index in [0.717, 1.165) is 0 Å². The van der Waals surface area contributed by atoms with Crippen molar-refractivity contribution in [2.24, 2.45) is 0 Å². The van der Waals surface area contributed by atoms with Gasteiger partial charge in [-0.1, -0.05) is 13.8 Å². The highest BCUT2D eigenvalue weighted by Crippen LogP contribution is 2.38. The second kappa shape index (κ2) is 7.72. The Bertz CT molecular complexity index is 846. The standard InChI is InChI=1S/C21H29FN2O3/c1-14-10-24(11-15(2)19(14)25)23-13-21(5,26)12-20(3,4)17-9-16(22)7-8-18(17)27-6/h7-11,23,26H,12-13H2,1-6H3. The highest BCUT2D eigenvalue weighted by molar-refractivity contribution is 5.39. The molecule has 0 aliphatic heterocycles. The fourth-order valence-electron chi connectivity index (χ4n) is 3.55. The Hall–Kier alpha value is -2.34. The summed E-state index contributed by atoms with van der Waals surface area (Å²) in [5, 5.41) is 10.9. The van der Waals surface area contributed by atoms with Gasteiger partial charge in [-0.25, -0.2) is 4.39 Å². The number of nitrogens with one attached hydrogen (secondary N) is 1. The summed E-state index contributed by atoms with van der Waals surface area (Å²) in [5.41, 5.74) is 3.52. The maximum atomic E-state index is 13.8. The van der Waals surface area contributed by atoms with Crippen LogP contribution >= 0.6 is 0 Å². The summed E-state index contributed by atoms with van der Waals surface area (Å²) in [6.45, 7) is 9.40. The third-order valence-electron chi connectivity index (χ3n) is 4.74. The summed E-state index contributed by atoms with van der Waals surface area (Å²) >= 11 is 0. The molecule has 1 heterocycles. The Kier molecular flexibility index (Phi) is 6.00. The lowest BCUT2D eigenvalue weighted by molar-refractivity contribution is 0.0411. The van der Waals surface area contributed by atoms with Crippen molar-refractivity contribution in [2.75, 3.05) is 19.1 Å². The first-order valence-electron chi connectivity index (χ1n) is 8.95. The third kappa shape index (κ3) is 5.10. The molecular formula is C21H29FN2O3. The van der Waals surface area contributed by atoms with Crippen LogP contribution in [0.5, 0.6) is 5.75 Å². The second-order valence-electron chi connectivity index (χ2n) is 8.10. The number of aryl methyl sites for hydroxylation is 2. The number of pyridine rings is 1. The Morgan fingerprint density at radius 2 is 1.78 bits per heavy atom. The smallest absolute Gasteiger partial charge is 0.187 e. The van der Waals surface area contributed by atoms with Crippen LogP contribution in [0.4, 0.5) is 4.39 Å². The number of hydrogen-bond acceptors (Lipinski definition) is 4. The lowest BCUT2D eigenvalue weighted by Gasteiger charge is -2.35. The van der Waals surface area contributed by atoms with Gasteiger partial charge in [0.05, 0.1) is 19.3 Å². The van der Waals surface area contributed by atoms with E-state index < -0.39 is 11.0 Å². The molecule has 0 amide bonds. The molecule has 2 aromatic rings. The summed E-state index contributed by atoms with van der Waals surface area (Å²) in [7, 11) is 1.55. The van der Waals surface area contributed by atoms with Crippen molar-refractivity contribution >= 4 is 0 Å². The third-order valence-corrected chi connectivity index (χ3v) is 4.74. The zero-order valence-corrected chi connectivity index (χ0v) is 16.9. The van der Waals surface area contributed by atoms with Gasteiger partial charge in [0, 0.05) is 29.1 Å². The maximum Gasteiger partial charge on any atom is 0.187 e. The molecule has 148 valence electrons. The Morgan fingerprint density at radius 3 is 2.33 bits per heavy atom. The zero-order chi connectivity index (χ0) is 20.4. The van der Waals surface area contributed by atoms with Crippen LogP contribution in [0.3, 0.4) is 0 Å². The van der Waals surface area contributed by atoms with Gasteiger partial charge in [0.1, 0.15) is 11.6 Å². The number of rotatable bonds is 7. The van der Waals surface area contributed by atoms with E-state index >= 15 is 0 Å². The molecule has 0 saturated heterocycles. The number of aromatic nitrogens is 1. The predicted octanol–water partition coefficient (Wildman–Crippen LogP) is 3.28. The van der Waals surface area contributed by atoms with Gasteiger partial charge in [0.25, 0.3) is 0 Å². The minimum Gasteiger partial charge on any atom is -0.496 e. The van der Waals surface area contributed by atoms with Crippen LogP contribution in [-0.2, 0) is 5.41 Å². The van der Waals surface area contributed by atoms with Crippen molar-refractivity contribution in [3.63, 3.8) is 0 Å². The molecule has 1 atom stereocenters. The molecule has 0 aliphatic carbocycles. The van der Waals surface area contributed by atoms with Crippen molar-refractivity contribution in [3.8, 4) is 5.75 Å². The SMILES string of the molecule is COc1ccc(F)cc1C(C)(C)CC(C)(O)CNn1cc(C)c(=O)c(C)c1. The number of benzene rings is 1. The van der Waals surface area contributed by atoms with Crippen molar-refractivity contribution in [2.45, 2.75) is 52.1 Å². The topological polar surface area (TPSA) is 63.5 Å². The summed E-state index contributed by atoms with van der Waals surface area (Å²) < 4.78 is 20.8.